The Balaban J connectivity index is 2.80. The van der Waals surface area contributed by atoms with Gasteiger partial charge in [0.2, 0.25) is 0 Å². The van der Waals surface area contributed by atoms with E-state index >= 15 is 0 Å². The van der Waals surface area contributed by atoms with Crippen molar-refractivity contribution in [2.45, 2.75) is 57.6 Å². The lowest BCUT2D eigenvalue weighted by Crippen LogP contribution is -2.36. The van der Waals surface area contributed by atoms with Gasteiger partial charge >= 0.3 is 0 Å². The molecule has 0 aliphatic heterocycles. The summed E-state index contributed by atoms with van der Waals surface area (Å²) < 4.78 is 24.3. The smallest absolute Gasteiger partial charge is 0.154 e. The molecule has 1 aliphatic carbocycles. The van der Waals surface area contributed by atoms with Crippen molar-refractivity contribution in [1.82, 2.24) is 0 Å². The first-order valence-electron chi connectivity index (χ1n) is 6.66. The minimum atomic E-state index is -3.07. The second-order valence-corrected chi connectivity index (χ2v) is 7.45. The van der Waals surface area contributed by atoms with Gasteiger partial charge in [-0.15, -0.1) is 0 Å². The topological polar surface area (TPSA) is 57.9 Å². The Bertz CT molecular complexity index is 369. The highest BCUT2D eigenvalue weighted by Crippen LogP contribution is 2.35. The molecular weight excluding hydrogens is 234 g/mol. The van der Waals surface area contributed by atoms with E-state index in [0.29, 0.717) is 18.8 Å². The summed E-state index contributed by atoms with van der Waals surface area (Å²) in [6.45, 7) is 4.01. The molecule has 0 heterocycles. The predicted octanol–water partition coefficient (Wildman–Crippen LogP) is 2.92. The second-order valence-electron chi connectivity index (χ2n) is 5.11. The van der Waals surface area contributed by atoms with E-state index in [1.807, 2.05) is 6.92 Å². The molecule has 1 rings (SSSR count). The van der Waals surface area contributed by atoms with Crippen molar-refractivity contribution in [1.29, 1.82) is 5.26 Å². The average molecular weight is 257 g/mol. The third-order valence-electron chi connectivity index (χ3n) is 3.71. The predicted molar refractivity (Wildman–Crippen MR) is 69.2 cm³/mol. The van der Waals surface area contributed by atoms with Crippen molar-refractivity contribution in [2.75, 3.05) is 5.75 Å². The molecule has 0 aromatic heterocycles. The quantitative estimate of drug-likeness (QED) is 0.761. The van der Waals surface area contributed by atoms with Crippen LogP contribution in [0.25, 0.3) is 0 Å². The van der Waals surface area contributed by atoms with Gasteiger partial charge in [-0.1, -0.05) is 26.7 Å². The Morgan fingerprint density at radius 1 is 1.24 bits per heavy atom. The van der Waals surface area contributed by atoms with Crippen molar-refractivity contribution in [3.8, 4) is 6.07 Å². The third kappa shape index (κ3) is 3.70. The minimum Gasteiger partial charge on any atom is -0.229 e. The fraction of sp³-hybridized carbons (Fsp3) is 0.923. The zero-order valence-corrected chi connectivity index (χ0v) is 11.7. The molecule has 4 heteroatoms. The molecular formula is C13H23NO2S. The molecule has 0 bridgehead atoms. The number of hydrogen-bond donors (Lipinski definition) is 0. The Morgan fingerprint density at radius 3 is 2.47 bits per heavy atom. The molecule has 1 saturated carbocycles. The van der Waals surface area contributed by atoms with Crippen LogP contribution in [-0.2, 0) is 9.84 Å². The number of nitrogens with zero attached hydrogens (tertiary/aromatic N) is 1. The Labute approximate surface area is 105 Å². The maximum atomic E-state index is 12.2. The lowest BCUT2D eigenvalue weighted by Gasteiger charge is -2.32. The summed E-state index contributed by atoms with van der Waals surface area (Å²) in [7, 11) is -3.07. The van der Waals surface area contributed by atoms with E-state index in [0.717, 1.165) is 25.7 Å². The summed E-state index contributed by atoms with van der Waals surface area (Å²) >= 11 is 0. The molecule has 3 atom stereocenters. The van der Waals surface area contributed by atoms with E-state index in [2.05, 4.69) is 13.0 Å². The number of rotatable bonds is 5. The fourth-order valence-corrected chi connectivity index (χ4v) is 5.00. The summed E-state index contributed by atoms with van der Waals surface area (Å²) in [6, 6.07) is 2.20. The van der Waals surface area contributed by atoms with Crippen molar-refractivity contribution < 1.29 is 8.42 Å². The van der Waals surface area contributed by atoms with E-state index < -0.39 is 15.1 Å². The molecule has 0 aromatic rings. The normalized spacial score (nSPS) is 29.8. The molecule has 0 aromatic carbocycles. The van der Waals surface area contributed by atoms with Crippen LogP contribution in [0.4, 0.5) is 0 Å². The minimum absolute atomic E-state index is 0.231. The summed E-state index contributed by atoms with van der Waals surface area (Å²) in [5, 5.41) is 8.69. The molecule has 3 unspecified atom stereocenters. The molecule has 0 saturated heterocycles. The van der Waals surface area contributed by atoms with E-state index in [9.17, 15) is 8.42 Å². The molecule has 0 spiro atoms. The first-order chi connectivity index (χ1) is 8.05. The maximum Gasteiger partial charge on any atom is 0.154 e. The zero-order chi connectivity index (χ0) is 12.9. The number of nitriles is 1. The Hall–Kier alpha value is -0.560. The third-order valence-corrected chi connectivity index (χ3v) is 6.13. The fourth-order valence-electron chi connectivity index (χ4n) is 2.86. The molecule has 1 fully saturated rings. The summed E-state index contributed by atoms with van der Waals surface area (Å²) in [6.07, 6.45) is 5.32. The van der Waals surface area contributed by atoms with Crippen LogP contribution in [0, 0.1) is 23.2 Å². The van der Waals surface area contributed by atoms with E-state index in [1.54, 1.807) is 0 Å². The van der Waals surface area contributed by atoms with Gasteiger partial charge in [-0.3, -0.25) is 0 Å². The van der Waals surface area contributed by atoms with Crippen LogP contribution >= 0.6 is 0 Å². The van der Waals surface area contributed by atoms with Gasteiger partial charge in [0.15, 0.2) is 9.84 Å². The van der Waals surface area contributed by atoms with Crippen molar-refractivity contribution in [3.63, 3.8) is 0 Å². The van der Waals surface area contributed by atoms with E-state index in [-0.39, 0.29) is 11.7 Å². The standard InChI is InChI=1S/C13H23NO2S/c1-3-5-11-6-7-12(10-14)13(9-11)17(15,16)8-4-2/h11-13H,3-9H2,1-2H3. The first kappa shape index (κ1) is 14.5. The summed E-state index contributed by atoms with van der Waals surface area (Å²) in [5.74, 6) is 0.454. The molecule has 0 radical (unpaired) electrons. The molecule has 0 N–H and O–H groups in total. The van der Waals surface area contributed by atoms with Gasteiger partial charge in [0.25, 0.3) is 0 Å². The van der Waals surface area contributed by atoms with Crippen LogP contribution in [0.1, 0.15) is 52.4 Å². The van der Waals surface area contributed by atoms with Gasteiger partial charge in [0, 0.05) is 0 Å². The lowest BCUT2D eigenvalue weighted by atomic mass is 9.80. The van der Waals surface area contributed by atoms with Crippen LogP contribution in [-0.4, -0.2) is 19.4 Å². The van der Waals surface area contributed by atoms with Crippen molar-refractivity contribution in [2.24, 2.45) is 11.8 Å². The van der Waals surface area contributed by atoms with Crippen LogP contribution < -0.4 is 0 Å². The highest BCUT2D eigenvalue weighted by atomic mass is 32.2. The van der Waals surface area contributed by atoms with Crippen LogP contribution in [0.2, 0.25) is 0 Å². The first-order valence-corrected chi connectivity index (χ1v) is 8.37. The Morgan fingerprint density at radius 2 is 1.94 bits per heavy atom. The van der Waals surface area contributed by atoms with Gasteiger partial charge in [0.05, 0.1) is 23.0 Å². The molecule has 17 heavy (non-hydrogen) atoms. The number of hydrogen-bond acceptors (Lipinski definition) is 3. The van der Waals surface area contributed by atoms with E-state index in [1.165, 1.54) is 0 Å². The van der Waals surface area contributed by atoms with Crippen molar-refractivity contribution in [3.05, 3.63) is 0 Å². The number of sulfone groups is 1. The van der Waals surface area contributed by atoms with Gasteiger partial charge in [-0.2, -0.15) is 5.26 Å². The van der Waals surface area contributed by atoms with Crippen LogP contribution in [0.3, 0.4) is 0 Å². The largest absolute Gasteiger partial charge is 0.229 e. The molecule has 3 nitrogen and oxygen atoms in total. The van der Waals surface area contributed by atoms with Gasteiger partial charge < -0.3 is 0 Å². The van der Waals surface area contributed by atoms with Gasteiger partial charge in [-0.05, 0) is 31.6 Å². The van der Waals surface area contributed by atoms with Crippen molar-refractivity contribution >= 4 is 9.84 Å². The molecule has 1 aliphatic rings. The summed E-state index contributed by atoms with van der Waals surface area (Å²) in [4.78, 5) is 0. The molecule has 98 valence electrons. The SMILES string of the molecule is CCCC1CCC(C#N)C(S(=O)(=O)CCC)C1. The lowest BCUT2D eigenvalue weighted by molar-refractivity contribution is 0.299. The van der Waals surface area contributed by atoms with Crippen LogP contribution in [0.15, 0.2) is 0 Å². The highest BCUT2D eigenvalue weighted by molar-refractivity contribution is 7.92. The summed E-state index contributed by atoms with van der Waals surface area (Å²) in [5.41, 5.74) is 0. The maximum absolute atomic E-state index is 12.2. The highest BCUT2D eigenvalue weighted by Gasteiger charge is 2.38. The second kappa shape index (κ2) is 6.39. The monoisotopic (exact) mass is 257 g/mol. The average Bonchev–Trinajstić information content (AvgIpc) is 2.29. The molecule has 0 amide bonds. The van der Waals surface area contributed by atoms with Crippen LogP contribution in [0.5, 0.6) is 0 Å². The van der Waals surface area contributed by atoms with Gasteiger partial charge in [-0.25, -0.2) is 8.42 Å². The Kier molecular flexibility index (Phi) is 5.45. The van der Waals surface area contributed by atoms with E-state index in [4.69, 9.17) is 5.26 Å². The van der Waals surface area contributed by atoms with Gasteiger partial charge in [0.1, 0.15) is 0 Å². The zero-order valence-electron chi connectivity index (χ0n) is 10.9.